The fraction of sp³-hybridized carbons (Fsp3) is 0.208. The van der Waals surface area contributed by atoms with E-state index in [1.54, 1.807) is 30.7 Å². The molecule has 4 aromatic rings. The van der Waals surface area contributed by atoms with E-state index in [4.69, 9.17) is 16.3 Å². The minimum atomic E-state index is -0.0722. The fourth-order valence-electron chi connectivity index (χ4n) is 3.90. The molecule has 0 spiro atoms. The number of fused-ring (bicyclic) bond motifs is 1. The summed E-state index contributed by atoms with van der Waals surface area (Å²) in [5.74, 6) is 0.989. The highest BCUT2D eigenvalue weighted by atomic mass is 35.5. The Kier molecular flexibility index (Phi) is 5.85. The third-order valence-corrected chi connectivity index (χ3v) is 5.93. The van der Waals surface area contributed by atoms with Crippen molar-refractivity contribution in [3.05, 3.63) is 60.0 Å². The summed E-state index contributed by atoms with van der Waals surface area (Å²) in [4.78, 5) is 15.7. The zero-order chi connectivity index (χ0) is 22.8. The van der Waals surface area contributed by atoms with E-state index < -0.39 is 0 Å². The van der Waals surface area contributed by atoms with Gasteiger partial charge in [-0.15, -0.1) is 0 Å². The van der Waals surface area contributed by atoms with Crippen LogP contribution in [0.15, 0.2) is 55.0 Å². The first-order valence-electron chi connectivity index (χ1n) is 10.6. The number of anilines is 3. The molecule has 1 aliphatic rings. The van der Waals surface area contributed by atoms with Gasteiger partial charge in [-0.3, -0.25) is 4.98 Å². The molecule has 1 saturated heterocycles. The van der Waals surface area contributed by atoms with Crippen LogP contribution < -0.4 is 20.3 Å². The maximum Gasteiger partial charge on any atom is 0.225 e. The van der Waals surface area contributed by atoms with Gasteiger partial charge < -0.3 is 25.4 Å². The third-order valence-electron chi connectivity index (χ3n) is 5.64. The van der Waals surface area contributed by atoms with E-state index in [0.29, 0.717) is 5.75 Å². The molecular weight excluding hydrogens is 440 g/mol. The standard InChI is InChI=1S/C24H23ClN6O2/c1-33-22-12-16(11-19(25)23(22)32)15-2-3-20-18(10-15)21(4-5-27-20)30-17-13-28-24(29-14-17)31-8-6-26-7-9-31/h2-5,10-14,26,32H,6-9H2,1H3,(H,27,30). The molecule has 1 aliphatic heterocycles. The second-order valence-electron chi connectivity index (χ2n) is 7.73. The van der Waals surface area contributed by atoms with Crippen LogP contribution in [0.4, 0.5) is 17.3 Å². The van der Waals surface area contributed by atoms with Crippen molar-refractivity contribution < 1.29 is 9.84 Å². The van der Waals surface area contributed by atoms with Gasteiger partial charge in [0.15, 0.2) is 11.5 Å². The van der Waals surface area contributed by atoms with Gasteiger partial charge in [0.05, 0.1) is 35.7 Å². The molecule has 3 heterocycles. The number of rotatable bonds is 5. The third kappa shape index (κ3) is 4.35. The molecule has 0 atom stereocenters. The van der Waals surface area contributed by atoms with Crippen LogP contribution in [0, 0.1) is 0 Å². The zero-order valence-electron chi connectivity index (χ0n) is 18.0. The Morgan fingerprint density at radius 3 is 2.58 bits per heavy atom. The summed E-state index contributed by atoms with van der Waals surface area (Å²) in [5.41, 5.74) is 4.27. The quantitative estimate of drug-likeness (QED) is 0.406. The highest BCUT2D eigenvalue weighted by Gasteiger charge is 2.14. The van der Waals surface area contributed by atoms with Gasteiger partial charge in [-0.2, -0.15) is 0 Å². The number of nitrogens with zero attached hydrogens (tertiary/aromatic N) is 4. The maximum absolute atomic E-state index is 10.1. The number of benzene rings is 2. The van der Waals surface area contributed by atoms with Crippen molar-refractivity contribution in [2.24, 2.45) is 0 Å². The number of pyridine rings is 1. The molecule has 168 valence electrons. The van der Waals surface area contributed by atoms with Gasteiger partial charge in [0.2, 0.25) is 5.95 Å². The minimum Gasteiger partial charge on any atom is -0.503 e. The predicted octanol–water partition coefficient (Wildman–Crippen LogP) is 4.21. The molecule has 2 aromatic heterocycles. The van der Waals surface area contributed by atoms with E-state index in [0.717, 1.165) is 65.5 Å². The number of piperazine rings is 1. The molecule has 3 N–H and O–H groups in total. The van der Waals surface area contributed by atoms with Gasteiger partial charge in [-0.25, -0.2) is 9.97 Å². The second kappa shape index (κ2) is 9.09. The van der Waals surface area contributed by atoms with Crippen molar-refractivity contribution in [2.45, 2.75) is 0 Å². The Hall–Kier alpha value is -3.62. The van der Waals surface area contributed by atoms with Crippen LogP contribution in [-0.2, 0) is 0 Å². The molecule has 0 unspecified atom stereocenters. The van der Waals surface area contributed by atoms with Crippen LogP contribution in [-0.4, -0.2) is 53.3 Å². The Morgan fingerprint density at radius 1 is 1.03 bits per heavy atom. The van der Waals surface area contributed by atoms with Crippen molar-refractivity contribution >= 4 is 39.8 Å². The normalized spacial score (nSPS) is 13.8. The molecule has 5 rings (SSSR count). The van der Waals surface area contributed by atoms with Crippen molar-refractivity contribution in [1.29, 1.82) is 0 Å². The Balaban J connectivity index is 1.46. The monoisotopic (exact) mass is 462 g/mol. The Bertz CT molecular complexity index is 1290. The van der Waals surface area contributed by atoms with Gasteiger partial charge in [0, 0.05) is 43.4 Å². The summed E-state index contributed by atoms with van der Waals surface area (Å²) in [6, 6.07) is 11.3. The molecule has 0 bridgehead atoms. The van der Waals surface area contributed by atoms with E-state index in [2.05, 4.69) is 30.5 Å². The van der Waals surface area contributed by atoms with E-state index >= 15 is 0 Å². The SMILES string of the molecule is COc1cc(-c2ccc3nccc(Nc4cnc(N5CCNCC5)nc4)c3c2)cc(Cl)c1O. The molecule has 2 aromatic carbocycles. The first kappa shape index (κ1) is 21.2. The van der Waals surface area contributed by atoms with Crippen LogP contribution in [0.5, 0.6) is 11.5 Å². The summed E-state index contributed by atoms with van der Waals surface area (Å²) in [6.45, 7) is 3.67. The second-order valence-corrected chi connectivity index (χ2v) is 8.14. The summed E-state index contributed by atoms with van der Waals surface area (Å²) in [7, 11) is 1.50. The van der Waals surface area contributed by atoms with Crippen molar-refractivity contribution in [3.8, 4) is 22.6 Å². The van der Waals surface area contributed by atoms with Crippen molar-refractivity contribution in [3.63, 3.8) is 0 Å². The van der Waals surface area contributed by atoms with Crippen LogP contribution in [0.3, 0.4) is 0 Å². The number of hydrogen-bond donors (Lipinski definition) is 3. The molecular formula is C24H23ClN6O2. The van der Waals surface area contributed by atoms with Gasteiger partial charge in [-0.05, 0) is 41.5 Å². The van der Waals surface area contributed by atoms with Gasteiger partial charge >= 0.3 is 0 Å². The summed E-state index contributed by atoms with van der Waals surface area (Å²) in [6.07, 6.45) is 5.36. The first-order chi connectivity index (χ1) is 16.1. The number of methoxy groups -OCH3 is 1. The largest absolute Gasteiger partial charge is 0.503 e. The number of halogens is 1. The van der Waals surface area contributed by atoms with Gasteiger partial charge in [-0.1, -0.05) is 17.7 Å². The predicted molar refractivity (Wildman–Crippen MR) is 131 cm³/mol. The molecule has 0 saturated carbocycles. The first-order valence-corrected chi connectivity index (χ1v) is 11.0. The molecule has 8 nitrogen and oxygen atoms in total. The molecule has 0 radical (unpaired) electrons. The average molecular weight is 463 g/mol. The summed E-state index contributed by atoms with van der Waals surface area (Å²) < 4.78 is 5.25. The Morgan fingerprint density at radius 2 is 1.82 bits per heavy atom. The van der Waals surface area contributed by atoms with Crippen LogP contribution >= 0.6 is 11.6 Å². The molecule has 0 amide bonds. The molecule has 33 heavy (non-hydrogen) atoms. The molecule has 9 heteroatoms. The molecule has 1 fully saturated rings. The maximum atomic E-state index is 10.1. The van der Waals surface area contributed by atoms with Crippen LogP contribution in [0.25, 0.3) is 22.0 Å². The highest BCUT2D eigenvalue weighted by molar-refractivity contribution is 6.32. The number of hydrogen-bond acceptors (Lipinski definition) is 8. The molecule has 0 aliphatic carbocycles. The van der Waals surface area contributed by atoms with Crippen LogP contribution in [0.2, 0.25) is 5.02 Å². The number of phenolic OH excluding ortho intramolecular Hbond substituents is 1. The van der Waals surface area contributed by atoms with Crippen molar-refractivity contribution in [2.75, 3.05) is 43.5 Å². The highest BCUT2D eigenvalue weighted by Crippen LogP contribution is 2.39. The van der Waals surface area contributed by atoms with E-state index in [1.807, 2.05) is 24.3 Å². The van der Waals surface area contributed by atoms with Crippen molar-refractivity contribution in [1.82, 2.24) is 20.3 Å². The number of aromatic hydroxyl groups is 1. The topological polar surface area (TPSA) is 95.4 Å². The Labute approximate surface area is 196 Å². The smallest absolute Gasteiger partial charge is 0.225 e. The number of phenols is 1. The lowest BCUT2D eigenvalue weighted by atomic mass is 10.0. The summed E-state index contributed by atoms with van der Waals surface area (Å²) in [5, 5.41) is 18.0. The number of nitrogens with one attached hydrogen (secondary N) is 2. The number of ether oxygens (including phenoxy) is 1. The average Bonchev–Trinajstić information content (AvgIpc) is 2.86. The number of aromatic nitrogens is 3. The van der Waals surface area contributed by atoms with E-state index in [1.165, 1.54) is 7.11 Å². The minimum absolute atomic E-state index is 0.0722. The lowest BCUT2D eigenvalue weighted by molar-refractivity contribution is 0.374. The summed E-state index contributed by atoms with van der Waals surface area (Å²) >= 11 is 6.20. The van der Waals surface area contributed by atoms with Gasteiger partial charge in [0.25, 0.3) is 0 Å². The van der Waals surface area contributed by atoms with E-state index in [-0.39, 0.29) is 10.8 Å². The fourth-order valence-corrected chi connectivity index (χ4v) is 4.11. The van der Waals surface area contributed by atoms with Crippen LogP contribution in [0.1, 0.15) is 0 Å². The van der Waals surface area contributed by atoms with E-state index in [9.17, 15) is 5.11 Å². The lowest BCUT2D eigenvalue weighted by Crippen LogP contribution is -2.44. The van der Waals surface area contributed by atoms with Gasteiger partial charge in [0.1, 0.15) is 0 Å². The lowest BCUT2D eigenvalue weighted by Gasteiger charge is -2.27. The zero-order valence-corrected chi connectivity index (χ0v) is 18.8.